The van der Waals surface area contributed by atoms with Crippen molar-refractivity contribution in [3.63, 3.8) is 0 Å². The number of nitrogen functional groups attached to an aromatic ring is 1. The van der Waals surface area contributed by atoms with Crippen LogP contribution in [0.3, 0.4) is 0 Å². The maximum absolute atomic E-state index is 8.77. The molecule has 1 aromatic carbocycles. The van der Waals surface area contributed by atoms with Crippen LogP contribution < -0.4 is 10.6 Å². The summed E-state index contributed by atoms with van der Waals surface area (Å²) in [5.74, 6) is 0. The van der Waals surface area contributed by atoms with Gasteiger partial charge in [-0.25, -0.2) is 0 Å². The maximum atomic E-state index is 8.77. The zero-order valence-electron chi connectivity index (χ0n) is 8.45. The number of anilines is 1. The lowest BCUT2D eigenvalue weighted by Gasteiger charge is -2.01. The van der Waals surface area contributed by atoms with Crippen molar-refractivity contribution in [3.8, 4) is 0 Å². The lowest BCUT2D eigenvalue weighted by atomic mass is 10.3. The molecule has 0 atom stereocenters. The molecule has 1 rings (SSSR count). The van der Waals surface area contributed by atoms with Gasteiger partial charge in [-0.05, 0) is 12.1 Å². The van der Waals surface area contributed by atoms with Gasteiger partial charge in [0, 0.05) is 10.9 Å². The van der Waals surface area contributed by atoms with Crippen LogP contribution in [0, 0.1) is 0 Å². The van der Waals surface area contributed by atoms with Crippen LogP contribution >= 0.6 is 7.82 Å². The fraction of sp³-hybridized carbons (Fsp3) is 0.250. The molecule has 0 aliphatic carbocycles. The Bertz CT molecular complexity index is 344. The van der Waals surface area contributed by atoms with Gasteiger partial charge in [0.05, 0.1) is 5.69 Å². The van der Waals surface area contributed by atoms with Gasteiger partial charge in [-0.3, -0.25) is 4.57 Å². The first-order valence-electron chi connectivity index (χ1n) is 3.90. The fourth-order valence-corrected chi connectivity index (χ4v) is 1.74. The van der Waals surface area contributed by atoms with Gasteiger partial charge in [0.1, 0.15) is 12.5 Å². The largest absolute Gasteiger partial charge is 0.756 e. The molecule has 0 radical (unpaired) electrons. The van der Waals surface area contributed by atoms with Gasteiger partial charge < -0.3 is 20.4 Å². The third-order valence-electron chi connectivity index (χ3n) is 1.36. The maximum Gasteiger partial charge on any atom is 0.262 e. The summed E-state index contributed by atoms with van der Waals surface area (Å²) >= 11 is 0. The molecule has 0 amide bonds. The molecule has 1 aromatic rings. The van der Waals surface area contributed by atoms with Crippen molar-refractivity contribution in [2.75, 3.05) is 18.2 Å². The molecular formula is C8H14NO4PS. The first-order valence-corrected chi connectivity index (χ1v) is 7.47. The number of phosphoric acid groups is 1. The molecule has 0 spiro atoms. The van der Waals surface area contributed by atoms with Crippen LogP contribution in [-0.2, 0) is 15.5 Å². The summed E-state index contributed by atoms with van der Waals surface area (Å²) < 4.78 is 8.77. The predicted molar refractivity (Wildman–Crippen MR) is 60.4 cm³/mol. The topological polar surface area (TPSA) is 107 Å². The quantitative estimate of drug-likeness (QED) is 0.368. The minimum absolute atomic E-state index is 0.284. The second kappa shape index (κ2) is 6.15. The SMILES string of the molecule is C[S+](C)c1ccccc1N.O=P([O-])(O)O. The van der Waals surface area contributed by atoms with Crippen LogP contribution in [0.1, 0.15) is 0 Å². The molecule has 0 unspecified atom stereocenters. The first kappa shape index (κ1) is 14.5. The number of rotatable bonds is 1. The highest BCUT2D eigenvalue weighted by Gasteiger charge is 2.10. The van der Waals surface area contributed by atoms with Crippen LogP contribution in [-0.4, -0.2) is 22.3 Å². The van der Waals surface area contributed by atoms with Gasteiger partial charge >= 0.3 is 0 Å². The molecular weight excluding hydrogens is 237 g/mol. The van der Waals surface area contributed by atoms with Crippen LogP contribution in [0.2, 0.25) is 0 Å². The van der Waals surface area contributed by atoms with Crippen molar-refractivity contribution in [1.29, 1.82) is 0 Å². The summed E-state index contributed by atoms with van der Waals surface area (Å²) in [7, 11) is -4.60. The molecule has 0 fully saturated rings. The van der Waals surface area contributed by atoms with Crippen molar-refractivity contribution in [1.82, 2.24) is 0 Å². The molecule has 0 heterocycles. The summed E-state index contributed by atoms with van der Waals surface area (Å²) in [5.41, 5.74) is 6.64. The van der Waals surface area contributed by atoms with Gasteiger partial charge in [-0.1, -0.05) is 12.1 Å². The summed E-state index contributed by atoms with van der Waals surface area (Å²) in [6.45, 7) is 0. The van der Waals surface area contributed by atoms with E-state index < -0.39 is 7.82 Å². The first-order chi connectivity index (χ1) is 6.72. The smallest absolute Gasteiger partial charge is 0.262 e. The summed E-state index contributed by atoms with van der Waals surface area (Å²) in [5, 5.41) is 0. The van der Waals surface area contributed by atoms with E-state index >= 15 is 0 Å². The average molecular weight is 251 g/mol. The van der Waals surface area contributed by atoms with E-state index in [1.807, 2.05) is 18.2 Å². The summed E-state index contributed by atoms with van der Waals surface area (Å²) in [6.07, 6.45) is 4.34. The molecule has 0 aliphatic heterocycles. The Kier molecular flexibility index (Phi) is 5.93. The van der Waals surface area contributed by atoms with Crippen LogP contribution in [0.25, 0.3) is 0 Å². The summed E-state index contributed by atoms with van der Waals surface area (Å²) in [4.78, 5) is 24.2. The van der Waals surface area contributed by atoms with Crippen LogP contribution in [0.4, 0.5) is 5.69 Å². The van der Waals surface area contributed by atoms with E-state index in [4.69, 9.17) is 25.0 Å². The van der Waals surface area contributed by atoms with E-state index in [1.165, 1.54) is 4.90 Å². The monoisotopic (exact) mass is 251 g/mol. The van der Waals surface area contributed by atoms with Crippen molar-refractivity contribution in [3.05, 3.63) is 24.3 Å². The van der Waals surface area contributed by atoms with Gasteiger partial charge in [-0.2, -0.15) is 0 Å². The molecule has 15 heavy (non-hydrogen) atoms. The van der Waals surface area contributed by atoms with E-state index in [2.05, 4.69) is 18.6 Å². The minimum Gasteiger partial charge on any atom is -0.756 e. The normalized spacial score (nSPS) is 10.8. The highest BCUT2D eigenvalue weighted by molar-refractivity contribution is 7.95. The predicted octanol–water partition coefficient (Wildman–Crippen LogP) is -0.0550. The van der Waals surface area contributed by atoms with E-state index in [1.54, 1.807) is 0 Å². The Balaban J connectivity index is 0.000000336. The van der Waals surface area contributed by atoms with Crippen molar-refractivity contribution >= 4 is 24.4 Å². The third kappa shape index (κ3) is 8.47. The van der Waals surface area contributed by atoms with Gasteiger partial charge in [-0.15, -0.1) is 0 Å². The molecule has 4 N–H and O–H groups in total. The molecule has 0 aliphatic rings. The number of hydrogen-bond donors (Lipinski definition) is 3. The second-order valence-electron chi connectivity index (χ2n) is 2.84. The highest BCUT2D eigenvalue weighted by atomic mass is 32.2. The number of nitrogens with two attached hydrogens (primary N) is 1. The van der Waals surface area contributed by atoms with Crippen molar-refractivity contribution < 1.29 is 19.2 Å². The van der Waals surface area contributed by atoms with Crippen LogP contribution in [0.15, 0.2) is 29.2 Å². The molecule has 0 aromatic heterocycles. The van der Waals surface area contributed by atoms with E-state index in [-0.39, 0.29) is 10.9 Å². The summed E-state index contributed by atoms with van der Waals surface area (Å²) in [6, 6.07) is 8.02. The average Bonchev–Trinajstić information content (AvgIpc) is 2.01. The number of benzene rings is 1. The zero-order valence-corrected chi connectivity index (χ0v) is 10.2. The molecule has 0 bridgehead atoms. The Morgan fingerprint density at radius 2 is 1.73 bits per heavy atom. The fourth-order valence-electron chi connectivity index (χ4n) is 0.852. The zero-order chi connectivity index (χ0) is 12.1. The lowest BCUT2D eigenvalue weighted by molar-refractivity contribution is -0.214. The number of para-hydroxylation sites is 1. The van der Waals surface area contributed by atoms with Gasteiger partial charge in [0.2, 0.25) is 0 Å². The van der Waals surface area contributed by atoms with Crippen LogP contribution in [0.5, 0.6) is 0 Å². The van der Waals surface area contributed by atoms with E-state index in [0.29, 0.717) is 0 Å². The lowest BCUT2D eigenvalue weighted by Crippen LogP contribution is -2.00. The minimum atomic E-state index is -4.89. The molecule has 86 valence electrons. The standard InChI is InChI=1S/C8H12NS.H3O4P/c1-10(2)8-6-4-3-5-7(8)9;1-5(2,3)4/h3-6H,9H2,1-2H3;(H3,1,2,3,4)/q+1;/p-1. The Labute approximate surface area is 91.5 Å². The number of hydrogen-bond acceptors (Lipinski definition) is 3. The van der Waals surface area contributed by atoms with Gasteiger partial charge in [0.15, 0.2) is 4.90 Å². The molecule has 0 saturated carbocycles. The molecule has 0 saturated heterocycles. The molecule has 5 nitrogen and oxygen atoms in total. The van der Waals surface area contributed by atoms with Crippen molar-refractivity contribution in [2.45, 2.75) is 4.90 Å². The Morgan fingerprint density at radius 1 is 1.33 bits per heavy atom. The Hall–Kier alpha value is -0.520. The molecule has 7 heteroatoms. The second-order valence-corrected chi connectivity index (χ2v) is 5.90. The van der Waals surface area contributed by atoms with Gasteiger partial charge in [0.25, 0.3) is 7.82 Å². The van der Waals surface area contributed by atoms with E-state index in [0.717, 1.165) is 5.69 Å². The third-order valence-corrected chi connectivity index (χ3v) is 2.61. The Morgan fingerprint density at radius 3 is 2.00 bits per heavy atom. The van der Waals surface area contributed by atoms with Crippen molar-refractivity contribution in [2.24, 2.45) is 0 Å². The van der Waals surface area contributed by atoms with E-state index in [9.17, 15) is 0 Å². The highest BCUT2D eigenvalue weighted by Crippen LogP contribution is 2.19.